The smallest absolute Gasteiger partial charge is 0.130 e. The van der Waals surface area contributed by atoms with Crippen LogP contribution in [-0.2, 0) is 0 Å². The lowest BCUT2D eigenvalue weighted by Gasteiger charge is -2.32. The van der Waals surface area contributed by atoms with Crippen LogP contribution in [-0.4, -0.2) is 12.6 Å². The van der Waals surface area contributed by atoms with E-state index in [9.17, 15) is 4.39 Å². The lowest BCUT2D eigenvalue weighted by atomic mass is 9.87. The third kappa shape index (κ3) is 2.59. The summed E-state index contributed by atoms with van der Waals surface area (Å²) in [5.41, 5.74) is 4.91. The maximum atomic E-state index is 13.2. The highest BCUT2D eigenvalue weighted by molar-refractivity contribution is 5.87. The lowest BCUT2D eigenvalue weighted by Crippen LogP contribution is -2.29. The third-order valence-electron chi connectivity index (χ3n) is 3.88. The molecule has 0 atom stereocenters. The maximum absolute atomic E-state index is 13.2. The van der Waals surface area contributed by atoms with Gasteiger partial charge in [0.1, 0.15) is 17.2 Å². The Morgan fingerprint density at radius 2 is 1.77 bits per heavy atom. The largest absolute Gasteiger partial charge is 0.483 e. The molecule has 1 aliphatic heterocycles. The molecule has 0 aliphatic carbocycles. The van der Waals surface area contributed by atoms with E-state index in [-0.39, 0.29) is 5.82 Å². The van der Waals surface area contributed by atoms with Gasteiger partial charge in [0, 0.05) is 24.4 Å². The summed E-state index contributed by atoms with van der Waals surface area (Å²) in [5.74, 6) is 0.634. The van der Waals surface area contributed by atoms with Crippen molar-refractivity contribution in [1.82, 2.24) is 0 Å². The molecule has 0 aromatic heterocycles. The van der Waals surface area contributed by atoms with E-state index in [0.717, 1.165) is 33.7 Å². The van der Waals surface area contributed by atoms with Gasteiger partial charge in [0.15, 0.2) is 0 Å². The monoisotopic (exact) mass is 297 g/mol. The molecule has 1 heterocycles. The molecule has 2 aromatic carbocycles. The molecule has 0 unspecified atom stereocenters. The molecule has 0 radical (unpaired) electrons. The van der Waals surface area contributed by atoms with Crippen molar-refractivity contribution in [2.24, 2.45) is 0 Å². The first kappa shape index (κ1) is 14.6. The van der Waals surface area contributed by atoms with E-state index < -0.39 is 5.60 Å². The minimum Gasteiger partial charge on any atom is -0.483 e. The third-order valence-corrected chi connectivity index (χ3v) is 3.88. The molecule has 0 spiro atoms. The van der Waals surface area contributed by atoms with Crippen LogP contribution in [0, 0.1) is 12.7 Å². The van der Waals surface area contributed by atoms with Crippen LogP contribution in [0.5, 0.6) is 5.75 Å². The molecule has 0 fully saturated rings. The van der Waals surface area contributed by atoms with Gasteiger partial charge in [-0.15, -0.1) is 0 Å². The predicted octanol–water partition coefficient (Wildman–Crippen LogP) is 4.78. The molecular weight excluding hydrogens is 277 g/mol. The number of nitrogens with one attached hydrogen (secondary N) is 1. The molecule has 1 aliphatic rings. The molecule has 3 heteroatoms. The highest BCUT2D eigenvalue weighted by Gasteiger charge is 2.28. The Bertz CT molecular complexity index is 745. The van der Waals surface area contributed by atoms with Gasteiger partial charge in [0.2, 0.25) is 0 Å². The van der Waals surface area contributed by atoms with Gasteiger partial charge in [-0.2, -0.15) is 0 Å². The van der Waals surface area contributed by atoms with Gasteiger partial charge in [0.05, 0.1) is 0 Å². The second kappa shape index (κ2) is 5.16. The first-order valence-electron chi connectivity index (χ1n) is 7.40. The molecule has 3 rings (SSSR count). The highest BCUT2D eigenvalue weighted by Crippen LogP contribution is 2.42. The molecule has 0 amide bonds. The minimum atomic E-state index is -0.407. The zero-order chi connectivity index (χ0) is 15.9. The van der Waals surface area contributed by atoms with Crippen molar-refractivity contribution in [2.45, 2.75) is 26.4 Å². The van der Waals surface area contributed by atoms with Crippen LogP contribution in [0.25, 0.3) is 5.57 Å². The first-order valence-corrected chi connectivity index (χ1v) is 7.40. The first-order chi connectivity index (χ1) is 10.4. The fraction of sp³-hybridized carbons (Fsp3) is 0.263. The van der Waals surface area contributed by atoms with E-state index in [1.807, 2.05) is 39.1 Å². The summed E-state index contributed by atoms with van der Waals surface area (Å²) < 4.78 is 19.4. The molecule has 114 valence electrons. The molecule has 1 N–H and O–H groups in total. The fourth-order valence-corrected chi connectivity index (χ4v) is 2.91. The second-order valence-electron chi connectivity index (χ2n) is 6.19. The van der Waals surface area contributed by atoms with Gasteiger partial charge in [-0.1, -0.05) is 12.1 Å². The lowest BCUT2D eigenvalue weighted by molar-refractivity contribution is 0.158. The number of anilines is 1. The number of fused-ring (bicyclic) bond motifs is 1. The standard InChI is InChI=1S/C19H20FNO/c1-12-9-15(21-4)10-17-18(12)16(11-19(2,3)22-17)13-5-7-14(20)8-6-13/h5-11,21H,1-4H3. The number of rotatable bonds is 2. The number of hydrogen-bond donors (Lipinski definition) is 1. The van der Waals surface area contributed by atoms with E-state index in [0.29, 0.717) is 0 Å². The van der Waals surface area contributed by atoms with Crippen molar-refractivity contribution < 1.29 is 9.13 Å². The van der Waals surface area contributed by atoms with E-state index in [1.54, 1.807) is 0 Å². The van der Waals surface area contributed by atoms with Crippen molar-refractivity contribution in [3.63, 3.8) is 0 Å². The second-order valence-corrected chi connectivity index (χ2v) is 6.19. The predicted molar refractivity (Wildman–Crippen MR) is 88.9 cm³/mol. The van der Waals surface area contributed by atoms with Crippen molar-refractivity contribution in [1.29, 1.82) is 0 Å². The molecule has 22 heavy (non-hydrogen) atoms. The van der Waals surface area contributed by atoms with E-state index >= 15 is 0 Å². The van der Waals surface area contributed by atoms with Gasteiger partial charge in [-0.3, -0.25) is 0 Å². The Morgan fingerprint density at radius 1 is 1.09 bits per heavy atom. The van der Waals surface area contributed by atoms with Crippen molar-refractivity contribution in [3.8, 4) is 5.75 Å². The van der Waals surface area contributed by atoms with Crippen molar-refractivity contribution >= 4 is 11.3 Å². The molecular formula is C19H20FNO. The van der Waals surface area contributed by atoms with Crippen LogP contribution >= 0.6 is 0 Å². The topological polar surface area (TPSA) is 21.3 Å². The number of benzene rings is 2. The minimum absolute atomic E-state index is 0.224. The molecule has 0 bridgehead atoms. The number of halogens is 1. The Labute approximate surface area is 130 Å². The molecule has 2 nitrogen and oxygen atoms in total. The number of ether oxygens (including phenoxy) is 1. The van der Waals surface area contributed by atoms with Gasteiger partial charge >= 0.3 is 0 Å². The summed E-state index contributed by atoms with van der Waals surface area (Å²) in [6.45, 7) is 6.13. The normalized spacial score (nSPS) is 15.6. The van der Waals surface area contributed by atoms with E-state index in [2.05, 4.69) is 24.4 Å². The van der Waals surface area contributed by atoms with Crippen LogP contribution < -0.4 is 10.1 Å². The highest BCUT2D eigenvalue weighted by atomic mass is 19.1. The van der Waals surface area contributed by atoms with Gasteiger partial charge in [-0.05, 0) is 61.7 Å². The summed E-state index contributed by atoms with van der Waals surface area (Å²) >= 11 is 0. The quantitative estimate of drug-likeness (QED) is 0.861. The number of aryl methyl sites for hydroxylation is 1. The van der Waals surface area contributed by atoms with Gasteiger partial charge in [0.25, 0.3) is 0 Å². The Kier molecular flexibility index (Phi) is 3.44. The molecule has 0 saturated heterocycles. The van der Waals surface area contributed by atoms with Crippen LogP contribution in [0.15, 0.2) is 42.5 Å². The van der Waals surface area contributed by atoms with Crippen LogP contribution in [0.1, 0.15) is 30.5 Å². The summed E-state index contributed by atoms with van der Waals surface area (Å²) in [7, 11) is 1.89. The van der Waals surface area contributed by atoms with Crippen molar-refractivity contribution in [2.75, 3.05) is 12.4 Å². The number of hydrogen-bond acceptors (Lipinski definition) is 2. The molecule has 0 saturated carbocycles. The van der Waals surface area contributed by atoms with E-state index in [1.165, 1.54) is 12.1 Å². The van der Waals surface area contributed by atoms with Crippen LogP contribution in [0.4, 0.5) is 10.1 Å². The van der Waals surface area contributed by atoms with Crippen LogP contribution in [0.2, 0.25) is 0 Å². The van der Waals surface area contributed by atoms with Crippen molar-refractivity contribution in [3.05, 3.63) is 65.0 Å². The Morgan fingerprint density at radius 3 is 2.41 bits per heavy atom. The molecule has 2 aromatic rings. The average Bonchev–Trinajstić information content (AvgIpc) is 2.45. The van der Waals surface area contributed by atoms with Crippen LogP contribution in [0.3, 0.4) is 0 Å². The van der Waals surface area contributed by atoms with Gasteiger partial charge in [-0.25, -0.2) is 4.39 Å². The summed E-state index contributed by atoms with van der Waals surface area (Å²) in [4.78, 5) is 0. The Hall–Kier alpha value is -2.29. The average molecular weight is 297 g/mol. The zero-order valence-electron chi connectivity index (χ0n) is 13.3. The van der Waals surface area contributed by atoms with E-state index in [4.69, 9.17) is 4.74 Å². The fourth-order valence-electron chi connectivity index (χ4n) is 2.91. The maximum Gasteiger partial charge on any atom is 0.130 e. The summed E-state index contributed by atoms with van der Waals surface area (Å²) in [6, 6.07) is 10.7. The summed E-state index contributed by atoms with van der Waals surface area (Å²) in [5, 5.41) is 3.16. The van der Waals surface area contributed by atoms with Gasteiger partial charge < -0.3 is 10.1 Å². The SMILES string of the molecule is CNc1cc(C)c2c(c1)OC(C)(C)C=C2c1ccc(F)cc1. The summed E-state index contributed by atoms with van der Waals surface area (Å²) in [6.07, 6.45) is 2.11. The Balaban J connectivity index is 2.22. The zero-order valence-corrected chi connectivity index (χ0v) is 13.3.